The third kappa shape index (κ3) is 1.80. The average Bonchev–Trinajstić information content (AvgIpc) is 2.54. The topological polar surface area (TPSA) is 15.3 Å². The summed E-state index contributed by atoms with van der Waals surface area (Å²) >= 11 is 0. The zero-order valence-corrected chi connectivity index (χ0v) is 10.1. The van der Waals surface area contributed by atoms with Gasteiger partial charge in [0.05, 0.1) is 0 Å². The van der Waals surface area contributed by atoms with Crippen molar-refractivity contribution >= 4 is 5.69 Å². The third-order valence-electron chi connectivity index (χ3n) is 3.68. The number of likely N-dealkylation sites (N-methyl/N-ethyl adjacent to an activating group) is 1. The molecule has 2 nitrogen and oxygen atoms in total. The van der Waals surface area contributed by atoms with E-state index in [1.165, 1.54) is 12.1 Å². The molecule has 1 aliphatic heterocycles. The fourth-order valence-corrected chi connectivity index (χ4v) is 2.67. The van der Waals surface area contributed by atoms with Crippen LogP contribution < -0.4 is 10.2 Å². The molecular weight excluding hydrogens is 203 g/mol. The highest BCUT2D eigenvalue weighted by atomic mass is 19.1. The van der Waals surface area contributed by atoms with Crippen LogP contribution in [0.25, 0.3) is 0 Å². The van der Waals surface area contributed by atoms with Crippen molar-refractivity contribution in [2.24, 2.45) is 0 Å². The molecule has 1 atom stereocenters. The number of nitrogens with one attached hydrogen (secondary N) is 1. The van der Waals surface area contributed by atoms with E-state index >= 15 is 0 Å². The summed E-state index contributed by atoms with van der Waals surface area (Å²) in [4.78, 5) is 2.34. The second kappa shape index (κ2) is 4.06. The van der Waals surface area contributed by atoms with Gasteiger partial charge in [0.15, 0.2) is 0 Å². The third-order valence-corrected chi connectivity index (χ3v) is 3.68. The van der Waals surface area contributed by atoms with Crippen LogP contribution in [0.1, 0.15) is 20.3 Å². The number of hydrogen-bond donors (Lipinski definition) is 1. The van der Waals surface area contributed by atoms with E-state index in [0.29, 0.717) is 6.04 Å². The zero-order valence-electron chi connectivity index (χ0n) is 10.1. The fraction of sp³-hybridized carbons (Fsp3) is 0.538. The van der Waals surface area contributed by atoms with Gasteiger partial charge in [-0.05, 0) is 51.6 Å². The molecule has 0 bridgehead atoms. The van der Waals surface area contributed by atoms with Crippen molar-refractivity contribution in [3.8, 4) is 0 Å². The normalized spacial score (nSPS) is 23.8. The van der Waals surface area contributed by atoms with Gasteiger partial charge in [-0.2, -0.15) is 0 Å². The van der Waals surface area contributed by atoms with Crippen molar-refractivity contribution < 1.29 is 4.39 Å². The summed E-state index contributed by atoms with van der Waals surface area (Å²) in [5.74, 6) is -0.175. The van der Waals surface area contributed by atoms with Gasteiger partial charge in [-0.15, -0.1) is 0 Å². The van der Waals surface area contributed by atoms with E-state index in [1.807, 2.05) is 19.2 Å². The summed E-state index contributed by atoms with van der Waals surface area (Å²) in [5.41, 5.74) is 1.18. The van der Waals surface area contributed by atoms with E-state index in [0.717, 1.165) is 18.7 Å². The quantitative estimate of drug-likeness (QED) is 0.826. The van der Waals surface area contributed by atoms with Gasteiger partial charge in [0.1, 0.15) is 5.82 Å². The van der Waals surface area contributed by atoms with Crippen LogP contribution in [-0.4, -0.2) is 25.2 Å². The Kier molecular flexibility index (Phi) is 2.89. The molecule has 0 amide bonds. The molecule has 1 unspecified atom stereocenters. The molecule has 1 saturated heterocycles. The molecule has 1 aromatic carbocycles. The Morgan fingerprint density at radius 1 is 1.31 bits per heavy atom. The molecule has 88 valence electrons. The van der Waals surface area contributed by atoms with Crippen LogP contribution in [0.4, 0.5) is 10.1 Å². The lowest BCUT2D eigenvalue weighted by Gasteiger charge is -2.37. The maximum Gasteiger partial charge on any atom is 0.123 e. The van der Waals surface area contributed by atoms with Crippen LogP contribution in [-0.2, 0) is 0 Å². The highest BCUT2D eigenvalue weighted by molar-refractivity contribution is 5.50. The molecular formula is C13H19FN2. The number of nitrogens with zero attached hydrogens (tertiary/aromatic N) is 1. The summed E-state index contributed by atoms with van der Waals surface area (Å²) in [7, 11) is 2.00. The first-order chi connectivity index (χ1) is 7.55. The summed E-state index contributed by atoms with van der Waals surface area (Å²) in [6.45, 7) is 5.47. The SMILES string of the molecule is CNC1CCN(c2ccc(F)cc2)C1(C)C. The molecule has 1 aliphatic rings. The van der Waals surface area contributed by atoms with Crippen molar-refractivity contribution in [1.29, 1.82) is 0 Å². The van der Waals surface area contributed by atoms with Crippen LogP contribution in [0.5, 0.6) is 0 Å². The van der Waals surface area contributed by atoms with Gasteiger partial charge in [0.2, 0.25) is 0 Å². The Bertz CT molecular complexity index is 359. The minimum atomic E-state index is -0.175. The molecule has 0 saturated carbocycles. The molecule has 1 aromatic rings. The smallest absolute Gasteiger partial charge is 0.123 e. The van der Waals surface area contributed by atoms with Crippen LogP contribution in [0.2, 0.25) is 0 Å². The summed E-state index contributed by atoms with van der Waals surface area (Å²) in [6, 6.07) is 7.25. The van der Waals surface area contributed by atoms with Crippen LogP contribution in [0, 0.1) is 5.82 Å². The zero-order chi connectivity index (χ0) is 11.8. The van der Waals surface area contributed by atoms with Gasteiger partial charge in [0, 0.05) is 23.8 Å². The van der Waals surface area contributed by atoms with Crippen molar-refractivity contribution in [2.45, 2.75) is 31.8 Å². The van der Waals surface area contributed by atoms with E-state index in [1.54, 1.807) is 0 Å². The molecule has 2 rings (SSSR count). The second-order valence-electron chi connectivity index (χ2n) is 4.91. The molecule has 0 aliphatic carbocycles. The van der Waals surface area contributed by atoms with Crippen molar-refractivity contribution in [2.75, 3.05) is 18.5 Å². The van der Waals surface area contributed by atoms with Gasteiger partial charge in [0.25, 0.3) is 0 Å². The Morgan fingerprint density at radius 2 is 1.94 bits per heavy atom. The molecule has 1 fully saturated rings. The second-order valence-corrected chi connectivity index (χ2v) is 4.91. The minimum Gasteiger partial charge on any atom is -0.365 e. The van der Waals surface area contributed by atoms with Crippen molar-refractivity contribution in [3.63, 3.8) is 0 Å². The summed E-state index contributed by atoms with van der Waals surface area (Å²) in [5, 5.41) is 3.35. The number of benzene rings is 1. The lowest BCUT2D eigenvalue weighted by molar-refractivity contribution is 0.403. The van der Waals surface area contributed by atoms with Gasteiger partial charge in [-0.3, -0.25) is 0 Å². The van der Waals surface area contributed by atoms with Gasteiger partial charge >= 0.3 is 0 Å². The van der Waals surface area contributed by atoms with E-state index in [-0.39, 0.29) is 11.4 Å². The maximum atomic E-state index is 12.9. The molecule has 1 N–H and O–H groups in total. The van der Waals surface area contributed by atoms with Crippen LogP contribution in [0.15, 0.2) is 24.3 Å². The number of anilines is 1. The lowest BCUT2D eigenvalue weighted by Crippen LogP contribution is -2.50. The number of rotatable bonds is 2. The number of halogens is 1. The first-order valence-corrected chi connectivity index (χ1v) is 5.76. The Hall–Kier alpha value is -1.09. The largest absolute Gasteiger partial charge is 0.365 e. The van der Waals surface area contributed by atoms with Crippen LogP contribution in [0.3, 0.4) is 0 Å². The van der Waals surface area contributed by atoms with E-state index in [2.05, 4.69) is 24.1 Å². The van der Waals surface area contributed by atoms with E-state index in [9.17, 15) is 4.39 Å². The van der Waals surface area contributed by atoms with Gasteiger partial charge in [-0.1, -0.05) is 0 Å². The molecule has 3 heteroatoms. The van der Waals surface area contributed by atoms with Gasteiger partial charge in [-0.25, -0.2) is 4.39 Å². The molecule has 0 spiro atoms. The molecule has 0 radical (unpaired) electrons. The van der Waals surface area contributed by atoms with Gasteiger partial charge < -0.3 is 10.2 Å². The minimum absolute atomic E-state index is 0.0760. The maximum absolute atomic E-state index is 12.9. The molecule has 16 heavy (non-hydrogen) atoms. The monoisotopic (exact) mass is 222 g/mol. The Labute approximate surface area is 96.5 Å². The highest BCUT2D eigenvalue weighted by Crippen LogP contribution is 2.33. The molecule has 0 aromatic heterocycles. The predicted molar refractivity (Wildman–Crippen MR) is 65.3 cm³/mol. The van der Waals surface area contributed by atoms with E-state index in [4.69, 9.17) is 0 Å². The highest BCUT2D eigenvalue weighted by Gasteiger charge is 2.40. The van der Waals surface area contributed by atoms with Crippen LogP contribution >= 0.6 is 0 Å². The summed E-state index contributed by atoms with van der Waals surface area (Å²) in [6.07, 6.45) is 1.13. The lowest BCUT2D eigenvalue weighted by atomic mass is 9.95. The summed E-state index contributed by atoms with van der Waals surface area (Å²) < 4.78 is 12.9. The predicted octanol–water partition coefficient (Wildman–Crippen LogP) is 2.40. The Morgan fingerprint density at radius 3 is 2.44 bits per heavy atom. The standard InChI is InChI=1S/C13H19FN2/c1-13(2)12(15-3)8-9-16(13)11-6-4-10(14)5-7-11/h4-7,12,15H,8-9H2,1-3H3. The first-order valence-electron chi connectivity index (χ1n) is 5.76. The number of hydrogen-bond acceptors (Lipinski definition) is 2. The van der Waals surface area contributed by atoms with Crippen molar-refractivity contribution in [3.05, 3.63) is 30.1 Å². The fourth-order valence-electron chi connectivity index (χ4n) is 2.67. The van der Waals surface area contributed by atoms with E-state index < -0.39 is 0 Å². The Balaban J connectivity index is 2.26. The molecule has 1 heterocycles. The average molecular weight is 222 g/mol. The first kappa shape index (κ1) is 11.4. The van der Waals surface area contributed by atoms with Crippen molar-refractivity contribution in [1.82, 2.24) is 5.32 Å².